The molecule has 0 aliphatic carbocycles. The number of hydrogen-bond acceptors (Lipinski definition) is 8. The number of ether oxygens (including phenoxy) is 2. The van der Waals surface area contributed by atoms with Gasteiger partial charge < -0.3 is 29.9 Å². The van der Waals surface area contributed by atoms with E-state index in [-0.39, 0.29) is 11.4 Å². The number of nitro groups is 1. The van der Waals surface area contributed by atoms with Crippen LogP contribution in [0.4, 0.5) is 5.69 Å². The first-order chi connectivity index (χ1) is 10.3. The van der Waals surface area contributed by atoms with Gasteiger partial charge in [-0.2, -0.15) is 0 Å². The summed E-state index contributed by atoms with van der Waals surface area (Å²) in [6.07, 6.45) is -7.42. The first-order valence-corrected chi connectivity index (χ1v) is 7.05. The Morgan fingerprint density at radius 3 is 2.55 bits per heavy atom. The van der Waals surface area contributed by atoms with E-state index in [9.17, 15) is 25.4 Å². The maximum Gasteiger partial charge on any atom is 0.312 e. The van der Waals surface area contributed by atoms with E-state index in [0.29, 0.717) is 4.47 Å². The van der Waals surface area contributed by atoms with Crippen LogP contribution in [0.2, 0.25) is 0 Å². The number of halogens is 1. The molecule has 122 valence electrons. The van der Waals surface area contributed by atoms with Gasteiger partial charge in [0.2, 0.25) is 6.29 Å². The number of nitrogens with zero attached hydrogens (tertiary/aromatic N) is 1. The number of hydrogen-bond donors (Lipinski definition) is 4. The minimum Gasteiger partial charge on any atom is -0.455 e. The quantitative estimate of drug-likeness (QED) is 0.406. The number of aliphatic hydroxyl groups excluding tert-OH is 4. The number of benzene rings is 1. The van der Waals surface area contributed by atoms with Crippen molar-refractivity contribution in [1.82, 2.24) is 0 Å². The molecule has 4 N–H and O–H groups in total. The molecule has 5 atom stereocenters. The number of rotatable bonds is 4. The molecule has 10 heteroatoms. The molecule has 0 amide bonds. The van der Waals surface area contributed by atoms with Crippen molar-refractivity contribution >= 4 is 21.6 Å². The maximum absolute atomic E-state index is 11.0. The molecule has 1 aromatic carbocycles. The monoisotopic (exact) mass is 379 g/mol. The lowest BCUT2D eigenvalue weighted by Crippen LogP contribution is -2.60. The van der Waals surface area contributed by atoms with E-state index >= 15 is 0 Å². The molecule has 1 fully saturated rings. The minimum absolute atomic E-state index is 0.183. The van der Waals surface area contributed by atoms with Crippen LogP contribution < -0.4 is 4.74 Å². The Kier molecular flexibility index (Phi) is 5.32. The van der Waals surface area contributed by atoms with Crippen molar-refractivity contribution in [1.29, 1.82) is 0 Å². The Bertz CT molecular complexity index is 554. The Labute approximate surface area is 133 Å². The SMILES string of the molecule is O=[N+]([O-])c1cc(Br)ccc1O[C@@H]1O[C@H](CO)[C@H](O)[C@H](O)[C@H]1O. The van der Waals surface area contributed by atoms with Crippen molar-refractivity contribution in [3.05, 3.63) is 32.8 Å². The Morgan fingerprint density at radius 2 is 1.95 bits per heavy atom. The molecule has 0 unspecified atom stereocenters. The summed E-state index contributed by atoms with van der Waals surface area (Å²) in [4.78, 5) is 10.3. The third kappa shape index (κ3) is 3.37. The second-order valence-electron chi connectivity index (χ2n) is 4.68. The van der Waals surface area contributed by atoms with Crippen LogP contribution in [-0.4, -0.2) is 62.7 Å². The minimum atomic E-state index is -1.64. The molecule has 9 nitrogen and oxygen atoms in total. The van der Waals surface area contributed by atoms with Gasteiger partial charge >= 0.3 is 5.69 Å². The van der Waals surface area contributed by atoms with Crippen molar-refractivity contribution < 1.29 is 34.8 Å². The van der Waals surface area contributed by atoms with Crippen molar-refractivity contribution in [3.8, 4) is 5.75 Å². The summed E-state index contributed by atoms with van der Waals surface area (Å²) in [7, 11) is 0. The van der Waals surface area contributed by atoms with Crippen LogP contribution in [0.1, 0.15) is 0 Å². The van der Waals surface area contributed by atoms with Crippen LogP contribution in [0.3, 0.4) is 0 Å². The molecule has 0 saturated carbocycles. The normalized spacial score (nSPS) is 31.8. The smallest absolute Gasteiger partial charge is 0.312 e. The summed E-state index contributed by atoms with van der Waals surface area (Å²) in [6.45, 7) is -0.618. The molecule has 0 radical (unpaired) electrons. The lowest BCUT2D eigenvalue weighted by atomic mass is 9.99. The Morgan fingerprint density at radius 1 is 1.27 bits per heavy atom. The van der Waals surface area contributed by atoms with Crippen LogP contribution in [-0.2, 0) is 4.74 Å². The highest BCUT2D eigenvalue weighted by Crippen LogP contribution is 2.33. The highest BCUT2D eigenvalue weighted by atomic mass is 79.9. The topological polar surface area (TPSA) is 143 Å². The molecule has 2 rings (SSSR count). The average Bonchev–Trinajstić information content (AvgIpc) is 2.49. The van der Waals surface area contributed by atoms with Crippen molar-refractivity contribution in [2.45, 2.75) is 30.7 Å². The van der Waals surface area contributed by atoms with E-state index < -0.39 is 42.2 Å². The van der Waals surface area contributed by atoms with Gasteiger partial charge in [0.15, 0.2) is 5.75 Å². The van der Waals surface area contributed by atoms with Gasteiger partial charge in [-0.15, -0.1) is 0 Å². The summed E-state index contributed by atoms with van der Waals surface area (Å²) in [5, 5.41) is 49.2. The molecular weight excluding hydrogens is 366 g/mol. The van der Waals surface area contributed by atoms with Crippen LogP contribution >= 0.6 is 15.9 Å². The summed E-state index contributed by atoms with van der Waals surface area (Å²) < 4.78 is 10.8. The molecule has 1 aliphatic rings. The zero-order valence-corrected chi connectivity index (χ0v) is 12.7. The standard InChI is InChI=1S/C12H14BrNO8/c13-5-1-2-7(6(3-5)14(19)20)21-12-11(18)10(17)9(16)8(4-15)22-12/h1-3,8-12,15-18H,4H2/t8-,9+,10+,11-,12-/m1/s1. The van der Waals surface area contributed by atoms with Gasteiger partial charge in [0, 0.05) is 10.5 Å². The van der Waals surface area contributed by atoms with Crippen molar-refractivity contribution in [3.63, 3.8) is 0 Å². The third-order valence-electron chi connectivity index (χ3n) is 3.21. The molecule has 22 heavy (non-hydrogen) atoms. The largest absolute Gasteiger partial charge is 0.455 e. The van der Waals surface area contributed by atoms with Crippen LogP contribution in [0.15, 0.2) is 22.7 Å². The molecule has 1 saturated heterocycles. The summed E-state index contributed by atoms with van der Waals surface area (Å²) in [6, 6.07) is 4.00. The number of aliphatic hydroxyl groups is 4. The second kappa shape index (κ2) is 6.86. The summed E-state index contributed by atoms with van der Waals surface area (Å²) in [5.41, 5.74) is -0.369. The van der Waals surface area contributed by atoms with E-state index in [1.165, 1.54) is 18.2 Å². The van der Waals surface area contributed by atoms with Gasteiger partial charge in [-0.3, -0.25) is 10.1 Å². The zero-order valence-electron chi connectivity index (χ0n) is 11.1. The van der Waals surface area contributed by atoms with Gasteiger partial charge in [-0.1, -0.05) is 15.9 Å². The Hall–Kier alpha value is -1.30. The van der Waals surface area contributed by atoms with E-state index in [1.54, 1.807) is 0 Å². The molecule has 1 aromatic rings. The van der Waals surface area contributed by atoms with Gasteiger partial charge in [0.1, 0.15) is 24.4 Å². The highest BCUT2D eigenvalue weighted by Gasteiger charge is 2.45. The Balaban J connectivity index is 2.24. The summed E-state index contributed by atoms with van der Waals surface area (Å²) >= 11 is 3.09. The predicted molar refractivity (Wildman–Crippen MR) is 75.2 cm³/mol. The van der Waals surface area contributed by atoms with Gasteiger partial charge in [-0.05, 0) is 12.1 Å². The second-order valence-corrected chi connectivity index (χ2v) is 5.60. The van der Waals surface area contributed by atoms with Crippen LogP contribution in [0, 0.1) is 10.1 Å². The van der Waals surface area contributed by atoms with Gasteiger partial charge in [-0.25, -0.2) is 0 Å². The predicted octanol–water partition coefficient (Wildman–Crippen LogP) is -0.464. The van der Waals surface area contributed by atoms with Crippen molar-refractivity contribution in [2.75, 3.05) is 6.61 Å². The summed E-state index contributed by atoms with van der Waals surface area (Å²) in [5.74, 6) is -0.183. The van der Waals surface area contributed by atoms with Crippen LogP contribution in [0.25, 0.3) is 0 Å². The molecule has 0 bridgehead atoms. The van der Waals surface area contributed by atoms with Crippen LogP contribution in [0.5, 0.6) is 5.75 Å². The lowest BCUT2D eigenvalue weighted by molar-refractivity contribution is -0.387. The molecule has 1 heterocycles. The first kappa shape index (κ1) is 17.1. The first-order valence-electron chi connectivity index (χ1n) is 6.26. The fourth-order valence-corrected chi connectivity index (χ4v) is 2.37. The van der Waals surface area contributed by atoms with E-state index in [2.05, 4.69) is 15.9 Å². The van der Waals surface area contributed by atoms with E-state index in [0.717, 1.165) is 0 Å². The third-order valence-corrected chi connectivity index (χ3v) is 3.70. The fourth-order valence-electron chi connectivity index (χ4n) is 2.02. The zero-order chi connectivity index (χ0) is 16.4. The van der Waals surface area contributed by atoms with E-state index in [4.69, 9.17) is 14.6 Å². The lowest BCUT2D eigenvalue weighted by Gasteiger charge is -2.39. The highest BCUT2D eigenvalue weighted by molar-refractivity contribution is 9.10. The molecule has 0 aromatic heterocycles. The van der Waals surface area contributed by atoms with E-state index in [1.807, 2.05) is 0 Å². The average molecular weight is 380 g/mol. The number of nitro benzene ring substituents is 1. The molecule has 0 spiro atoms. The maximum atomic E-state index is 11.0. The van der Waals surface area contributed by atoms with Gasteiger partial charge in [0.05, 0.1) is 11.5 Å². The fraction of sp³-hybridized carbons (Fsp3) is 0.500. The molecule has 1 aliphatic heterocycles. The van der Waals surface area contributed by atoms with Gasteiger partial charge in [0.25, 0.3) is 0 Å². The van der Waals surface area contributed by atoms with Crippen molar-refractivity contribution in [2.24, 2.45) is 0 Å². The molecular formula is C12H14BrNO8.